The van der Waals surface area contributed by atoms with Gasteiger partial charge in [-0.2, -0.15) is 0 Å². The molecule has 0 unspecified atom stereocenters. The lowest BCUT2D eigenvalue weighted by Gasteiger charge is -2.30. The molecule has 0 bridgehead atoms. The van der Waals surface area contributed by atoms with Crippen LogP contribution >= 0.6 is 11.8 Å². The minimum Gasteiger partial charge on any atom is -0.481 e. The van der Waals surface area contributed by atoms with Crippen molar-refractivity contribution in [2.45, 2.75) is 166 Å². The van der Waals surface area contributed by atoms with Crippen LogP contribution in [0.15, 0.2) is 103 Å². The van der Waals surface area contributed by atoms with E-state index in [9.17, 15) is 77.3 Å². The summed E-state index contributed by atoms with van der Waals surface area (Å²) in [6.45, 7) is 7.84. The van der Waals surface area contributed by atoms with E-state index in [1.54, 1.807) is 127 Å². The normalized spacial score (nSPS) is 22.9. The standard InChI is InChI=1S/C76H103N19O16S/c1-39(2)62-74(110)92-58(65(78)101)37-112-38-60(98)86-53(29-42-24-25-43-16-7-8-17-44(43)28-42)69(105)87-52(23-15-27-81-76(79)80)68(104)91-57(36-96)66(102)84-35-59(97)85-51(22-13-14-26-77)67(103)89-56(32-61(99)100)70(106)88-54(30-45-33-82-49-20-11-9-18-47(45)49)71(107)94-64(41(5)6)75(111)95-63(40(3)4)73(109)90-55(72(108)93-62)31-46-34-83-50-21-12-10-19-48(46)50/h7-12,16-21,24-25,28,33-34,39-41,51-58,62-64,82-83,96H,13-15,22-23,26-27,29-32,35-38,77H2,1-6H3,(H2,78,101)(H,84,102)(H,85,97)(H,86,98)(H,87,105)(H,88,106)(H,89,103)(H,90,109)(H,91,104)(H,92,110)(H,93,108)(H,94,107)(H,95,111)(H,99,100)(H4,79,80,81)/t51-,52-,53-,54-,55+,56-,57-,58-,62-,63-,64-/m0/s1. The Morgan fingerprint density at radius 2 is 0.946 bits per heavy atom. The smallest absolute Gasteiger partial charge is 0.305 e. The van der Waals surface area contributed by atoms with Crippen molar-refractivity contribution in [1.29, 1.82) is 5.41 Å². The molecular weight excluding hydrogens is 1470 g/mol. The van der Waals surface area contributed by atoms with Gasteiger partial charge in [-0.25, -0.2) is 0 Å². The van der Waals surface area contributed by atoms with E-state index in [-0.39, 0.29) is 63.8 Å². The summed E-state index contributed by atoms with van der Waals surface area (Å²) >= 11 is 0.845. The molecule has 0 spiro atoms. The number of aliphatic hydroxyl groups excluding tert-OH is 1. The number of nitrogens with one attached hydrogen (secondary N) is 16. The molecule has 24 N–H and O–H groups in total. The zero-order valence-electron chi connectivity index (χ0n) is 63.3. The zero-order chi connectivity index (χ0) is 81.9. The Hall–Kier alpha value is -11.7. The van der Waals surface area contributed by atoms with Crippen LogP contribution in [0.5, 0.6) is 0 Å². The lowest BCUT2D eigenvalue weighted by molar-refractivity contribution is -0.141. The number of aromatic amines is 2. The first-order valence-corrected chi connectivity index (χ1v) is 38.1. The summed E-state index contributed by atoms with van der Waals surface area (Å²) in [5.41, 5.74) is 20.1. The van der Waals surface area contributed by atoms with E-state index in [2.05, 4.69) is 79.1 Å². The molecule has 1 saturated heterocycles. The van der Waals surface area contributed by atoms with E-state index >= 15 is 0 Å². The average molecular weight is 1570 g/mol. The fourth-order valence-corrected chi connectivity index (χ4v) is 13.5. The quantitative estimate of drug-likeness (QED) is 0.0218. The number of hydrogen-bond donors (Lipinski definition) is 21. The number of amides is 13. The lowest BCUT2D eigenvalue weighted by Crippen LogP contribution is -2.62. The number of nitrogens with two attached hydrogens (primary N) is 3. The van der Waals surface area contributed by atoms with Crippen LogP contribution in [-0.4, -0.2) is 213 Å². The number of fused-ring (bicyclic) bond motifs is 3. The van der Waals surface area contributed by atoms with Gasteiger partial charge in [-0.3, -0.25) is 72.5 Å². The molecule has 0 saturated carbocycles. The number of benzene rings is 4. The van der Waals surface area contributed by atoms with Gasteiger partial charge in [0.1, 0.15) is 66.5 Å². The number of aromatic nitrogens is 2. The van der Waals surface area contributed by atoms with Crippen molar-refractivity contribution in [3.63, 3.8) is 0 Å². The van der Waals surface area contributed by atoms with Crippen molar-refractivity contribution in [2.75, 3.05) is 37.7 Å². The molecule has 604 valence electrons. The van der Waals surface area contributed by atoms with Crippen molar-refractivity contribution < 1.29 is 77.3 Å². The molecule has 0 aliphatic carbocycles. The number of carbonyl (C=O) groups excluding carboxylic acids is 13. The number of para-hydroxylation sites is 2. The highest BCUT2D eigenvalue weighted by Gasteiger charge is 2.39. The van der Waals surface area contributed by atoms with Gasteiger partial charge in [-0.15, -0.1) is 11.8 Å². The van der Waals surface area contributed by atoms with Crippen LogP contribution in [0.4, 0.5) is 0 Å². The summed E-state index contributed by atoms with van der Waals surface area (Å²) in [6, 6.07) is 9.65. The Morgan fingerprint density at radius 3 is 1.49 bits per heavy atom. The predicted molar refractivity (Wildman–Crippen MR) is 418 cm³/mol. The number of aliphatic hydroxyl groups is 1. The van der Waals surface area contributed by atoms with Crippen LogP contribution in [0.2, 0.25) is 0 Å². The zero-order valence-corrected chi connectivity index (χ0v) is 64.1. The Morgan fingerprint density at radius 1 is 0.500 bits per heavy atom. The molecule has 112 heavy (non-hydrogen) atoms. The Bertz CT molecular complexity index is 4380. The summed E-state index contributed by atoms with van der Waals surface area (Å²) in [4.78, 5) is 206. The van der Waals surface area contributed by atoms with E-state index < -0.39 is 198 Å². The molecule has 3 heterocycles. The number of primary amides is 1. The fourth-order valence-electron chi connectivity index (χ4n) is 12.6. The molecule has 1 aliphatic rings. The number of carboxylic acids is 1. The van der Waals surface area contributed by atoms with Crippen LogP contribution < -0.4 is 86.3 Å². The third-order valence-corrected chi connectivity index (χ3v) is 19.8. The number of unbranched alkanes of at least 4 members (excludes halogenated alkanes) is 1. The second-order valence-corrected chi connectivity index (χ2v) is 29.5. The number of H-pyrrole nitrogens is 2. The highest BCUT2D eigenvalue weighted by molar-refractivity contribution is 8.00. The van der Waals surface area contributed by atoms with Gasteiger partial charge in [0.15, 0.2) is 5.96 Å². The highest BCUT2D eigenvalue weighted by atomic mass is 32.2. The topological polar surface area (TPSA) is 569 Å². The number of carboxylic acid groups (broad SMARTS) is 1. The summed E-state index contributed by atoms with van der Waals surface area (Å²) < 4.78 is 0. The van der Waals surface area contributed by atoms with Gasteiger partial charge < -0.3 is 107 Å². The predicted octanol–water partition coefficient (Wildman–Crippen LogP) is -1.66. The monoisotopic (exact) mass is 1570 g/mol. The number of guanidine groups is 1. The van der Waals surface area contributed by atoms with E-state index in [1.165, 1.54) is 0 Å². The SMILES string of the molecule is CC(C)[C@@H]1NC(=O)[C@H](Cc2c[nH]c3ccccc23)NC(=O)[C@H](CC(=O)O)NC(=O)[C@H](CCCCN)NC(=O)CNC(=O)[C@H](CO)NC(=O)[C@H](CCCNC(=N)N)NC(=O)[C@H](Cc2ccc3ccccc3c2)NC(=O)CSC[C@@H](C(N)=O)NC(=O)[C@H](C(C)C)NC(=O)[C@@H](Cc2c[nH]c3ccccc23)NC(=O)[C@H](C(C)C)NC1=O. The van der Waals surface area contributed by atoms with Crippen LogP contribution in [-0.2, 0) is 86.4 Å². The molecule has 7 rings (SSSR count). The van der Waals surface area contributed by atoms with Crippen LogP contribution in [0, 0.1) is 23.2 Å². The van der Waals surface area contributed by atoms with Crippen LogP contribution in [0.3, 0.4) is 0 Å². The maximum atomic E-state index is 15.0. The van der Waals surface area contributed by atoms with Crippen molar-refractivity contribution in [3.8, 4) is 0 Å². The Kier molecular flexibility index (Phi) is 33.2. The molecule has 13 amide bonds. The first-order chi connectivity index (χ1) is 53.3. The molecule has 6 aromatic rings. The minimum absolute atomic E-state index is 0.0128. The van der Waals surface area contributed by atoms with Crippen molar-refractivity contribution in [2.24, 2.45) is 35.0 Å². The first-order valence-electron chi connectivity index (χ1n) is 37.0. The summed E-state index contributed by atoms with van der Waals surface area (Å²) in [6.07, 6.45) is 1.73. The number of aliphatic carboxylic acids is 1. The Balaban J connectivity index is 1.25. The van der Waals surface area contributed by atoms with Crippen LogP contribution in [0.1, 0.15) is 96.8 Å². The van der Waals surface area contributed by atoms with E-state index in [0.29, 0.717) is 44.9 Å². The molecular formula is C76H103N19O16S. The molecule has 4 aromatic carbocycles. The van der Waals surface area contributed by atoms with Crippen molar-refractivity contribution in [3.05, 3.63) is 120 Å². The van der Waals surface area contributed by atoms with Crippen molar-refractivity contribution in [1.82, 2.24) is 79.1 Å². The summed E-state index contributed by atoms with van der Waals surface area (Å²) in [5, 5.41) is 64.9. The van der Waals surface area contributed by atoms with Gasteiger partial charge in [0.05, 0.1) is 25.3 Å². The first kappa shape index (κ1) is 87.6. The molecule has 1 aliphatic heterocycles. The second-order valence-electron chi connectivity index (χ2n) is 28.5. The third kappa shape index (κ3) is 26.0. The van der Waals surface area contributed by atoms with Gasteiger partial charge in [0, 0.05) is 65.8 Å². The molecule has 2 aromatic heterocycles. The van der Waals surface area contributed by atoms with Gasteiger partial charge >= 0.3 is 5.97 Å². The second kappa shape index (κ2) is 42.5. The Labute approximate surface area is 650 Å². The van der Waals surface area contributed by atoms with Crippen molar-refractivity contribution >= 4 is 133 Å². The highest BCUT2D eigenvalue weighted by Crippen LogP contribution is 2.23. The van der Waals surface area contributed by atoms with Gasteiger partial charge in [0.25, 0.3) is 0 Å². The molecule has 1 fully saturated rings. The van der Waals surface area contributed by atoms with Crippen LogP contribution in [0.25, 0.3) is 32.6 Å². The number of thioether (sulfide) groups is 1. The van der Waals surface area contributed by atoms with Gasteiger partial charge in [-0.1, -0.05) is 120 Å². The fraction of sp³-hybridized carbons (Fsp3) is 0.461. The van der Waals surface area contributed by atoms with E-state index in [1.807, 2.05) is 18.2 Å². The molecule has 11 atom stereocenters. The third-order valence-electron chi connectivity index (χ3n) is 18.8. The summed E-state index contributed by atoms with van der Waals surface area (Å²) in [5.74, 6) is -17.5. The van der Waals surface area contributed by atoms with E-state index in [0.717, 1.165) is 22.5 Å². The van der Waals surface area contributed by atoms with Gasteiger partial charge in [0.2, 0.25) is 76.8 Å². The number of carbonyl (C=O) groups is 14. The van der Waals surface area contributed by atoms with Gasteiger partial charge in [-0.05, 0) is 96.0 Å². The molecule has 0 radical (unpaired) electrons. The lowest BCUT2D eigenvalue weighted by atomic mass is 9.97. The van der Waals surface area contributed by atoms with E-state index in [4.69, 9.17) is 22.6 Å². The number of rotatable bonds is 21. The maximum Gasteiger partial charge on any atom is 0.305 e. The minimum atomic E-state index is -1.95. The maximum absolute atomic E-state index is 15.0. The molecule has 35 nitrogen and oxygen atoms in total. The largest absolute Gasteiger partial charge is 0.481 e. The average Bonchev–Trinajstić information content (AvgIpc) is 1.58. The number of hydrogen-bond acceptors (Lipinski definition) is 18. The molecule has 36 heteroatoms. The summed E-state index contributed by atoms with van der Waals surface area (Å²) in [7, 11) is 0.